The number of nitrogens with two attached hydrogens (primary N) is 1. The molecule has 4 nitrogen and oxygen atoms in total. The zero-order valence-corrected chi connectivity index (χ0v) is 11.6. The largest absolute Gasteiger partial charge is 0.329 e. The van der Waals surface area contributed by atoms with E-state index in [4.69, 9.17) is 5.73 Å². The SMILES string of the molecule is Cc1nc2ccccn2c1CC(C)(CN)N(C)C. The van der Waals surface area contributed by atoms with E-state index in [0.29, 0.717) is 6.54 Å². The lowest BCUT2D eigenvalue weighted by atomic mass is 9.94. The van der Waals surface area contributed by atoms with Gasteiger partial charge in [0.25, 0.3) is 0 Å². The third-order valence-corrected chi connectivity index (χ3v) is 3.90. The second kappa shape index (κ2) is 4.71. The van der Waals surface area contributed by atoms with Crippen LogP contribution >= 0.6 is 0 Å². The van der Waals surface area contributed by atoms with Gasteiger partial charge in [-0.2, -0.15) is 0 Å². The maximum Gasteiger partial charge on any atom is 0.137 e. The second-order valence-corrected chi connectivity index (χ2v) is 5.35. The quantitative estimate of drug-likeness (QED) is 0.888. The van der Waals surface area contributed by atoms with Gasteiger partial charge in [-0.05, 0) is 40.1 Å². The van der Waals surface area contributed by atoms with Gasteiger partial charge >= 0.3 is 0 Å². The number of aromatic nitrogens is 2. The molecule has 0 amide bonds. The summed E-state index contributed by atoms with van der Waals surface area (Å²) >= 11 is 0. The van der Waals surface area contributed by atoms with Crippen molar-refractivity contribution in [2.24, 2.45) is 5.73 Å². The number of imidazole rings is 1. The van der Waals surface area contributed by atoms with E-state index in [-0.39, 0.29) is 5.54 Å². The summed E-state index contributed by atoms with van der Waals surface area (Å²) < 4.78 is 2.16. The van der Waals surface area contributed by atoms with E-state index in [9.17, 15) is 0 Å². The fourth-order valence-electron chi connectivity index (χ4n) is 2.15. The summed E-state index contributed by atoms with van der Waals surface area (Å²) in [6.07, 6.45) is 2.96. The van der Waals surface area contributed by atoms with Gasteiger partial charge in [-0.25, -0.2) is 4.98 Å². The smallest absolute Gasteiger partial charge is 0.137 e. The van der Waals surface area contributed by atoms with Crippen molar-refractivity contribution in [3.8, 4) is 0 Å². The van der Waals surface area contributed by atoms with Crippen LogP contribution in [-0.2, 0) is 6.42 Å². The van der Waals surface area contributed by atoms with Crippen molar-refractivity contribution in [2.75, 3.05) is 20.6 Å². The molecule has 2 aromatic heterocycles. The van der Waals surface area contributed by atoms with Crippen LogP contribution in [0.4, 0.5) is 0 Å². The Morgan fingerprint density at radius 1 is 1.39 bits per heavy atom. The molecule has 98 valence electrons. The van der Waals surface area contributed by atoms with Crippen LogP contribution < -0.4 is 5.73 Å². The first-order valence-electron chi connectivity index (χ1n) is 6.28. The van der Waals surface area contributed by atoms with Crippen molar-refractivity contribution >= 4 is 5.65 Å². The van der Waals surface area contributed by atoms with Crippen molar-refractivity contribution in [3.05, 3.63) is 35.8 Å². The van der Waals surface area contributed by atoms with E-state index in [1.807, 2.05) is 18.2 Å². The number of pyridine rings is 1. The van der Waals surface area contributed by atoms with Crippen LogP contribution in [0.2, 0.25) is 0 Å². The first-order chi connectivity index (χ1) is 8.48. The Hall–Kier alpha value is -1.39. The molecule has 0 bridgehead atoms. The minimum atomic E-state index is -0.0451. The number of rotatable bonds is 4. The van der Waals surface area contributed by atoms with Crippen LogP contribution in [0.15, 0.2) is 24.4 Å². The van der Waals surface area contributed by atoms with Crippen molar-refractivity contribution in [1.82, 2.24) is 14.3 Å². The molecule has 2 rings (SSSR count). The molecule has 1 unspecified atom stereocenters. The Kier molecular flexibility index (Phi) is 3.41. The molecule has 0 fully saturated rings. The van der Waals surface area contributed by atoms with E-state index in [2.05, 4.69) is 48.4 Å². The number of aryl methyl sites for hydroxylation is 1. The standard InChI is InChI=1S/C14H22N4/c1-11-12(9-14(2,10-15)17(3)4)18-8-6-5-7-13(18)16-11/h5-8H,9-10,15H2,1-4H3. The van der Waals surface area contributed by atoms with Crippen LogP contribution in [0.5, 0.6) is 0 Å². The van der Waals surface area contributed by atoms with Gasteiger partial charge in [0.15, 0.2) is 0 Å². The highest BCUT2D eigenvalue weighted by Gasteiger charge is 2.27. The van der Waals surface area contributed by atoms with Crippen LogP contribution in [0.3, 0.4) is 0 Å². The molecular formula is C14H22N4. The molecule has 2 aromatic rings. The summed E-state index contributed by atoms with van der Waals surface area (Å²) in [7, 11) is 4.15. The fourth-order valence-corrected chi connectivity index (χ4v) is 2.15. The van der Waals surface area contributed by atoms with Gasteiger partial charge in [0, 0.05) is 30.4 Å². The molecule has 2 heterocycles. The van der Waals surface area contributed by atoms with Gasteiger partial charge in [-0.15, -0.1) is 0 Å². The van der Waals surface area contributed by atoms with Crippen LogP contribution in [0.1, 0.15) is 18.3 Å². The molecule has 18 heavy (non-hydrogen) atoms. The van der Waals surface area contributed by atoms with Crippen LogP contribution in [0, 0.1) is 6.92 Å². The highest BCUT2D eigenvalue weighted by Crippen LogP contribution is 2.21. The lowest BCUT2D eigenvalue weighted by Crippen LogP contribution is -2.49. The number of fused-ring (bicyclic) bond motifs is 1. The molecule has 0 saturated carbocycles. The molecular weight excluding hydrogens is 224 g/mol. The molecule has 0 radical (unpaired) electrons. The van der Waals surface area contributed by atoms with Gasteiger partial charge in [0.1, 0.15) is 5.65 Å². The molecule has 0 aliphatic carbocycles. The summed E-state index contributed by atoms with van der Waals surface area (Å²) in [5.41, 5.74) is 9.23. The van der Waals surface area contributed by atoms with E-state index in [0.717, 1.165) is 17.8 Å². The first kappa shape index (κ1) is 13.1. The number of hydrogen-bond acceptors (Lipinski definition) is 3. The van der Waals surface area contributed by atoms with Crippen LogP contribution in [0.25, 0.3) is 5.65 Å². The lowest BCUT2D eigenvalue weighted by molar-refractivity contribution is 0.179. The topological polar surface area (TPSA) is 46.6 Å². The number of likely N-dealkylation sites (N-methyl/N-ethyl adjacent to an activating group) is 1. The Morgan fingerprint density at radius 3 is 2.72 bits per heavy atom. The summed E-state index contributed by atoms with van der Waals surface area (Å²) in [5, 5.41) is 0. The third kappa shape index (κ3) is 2.13. The van der Waals surface area contributed by atoms with Gasteiger partial charge in [0.2, 0.25) is 0 Å². The minimum absolute atomic E-state index is 0.0451. The molecule has 0 spiro atoms. The predicted octanol–water partition coefficient (Wildman–Crippen LogP) is 1.46. The van der Waals surface area contributed by atoms with Crippen molar-refractivity contribution in [1.29, 1.82) is 0 Å². The Bertz CT molecular complexity index is 544. The van der Waals surface area contributed by atoms with Crippen molar-refractivity contribution < 1.29 is 0 Å². The zero-order chi connectivity index (χ0) is 13.3. The summed E-state index contributed by atoms with van der Waals surface area (Å²) in [6.45, 7) is 4.88. The van der Waals surface area contributed by atoms with E-state index in [1.165, 1.54) is 5.69 Å². The maximum atomic E-state index is 5.95. The predicted molar refractivity (Wildman–Crippen MR) is 74.8 cm³/mol. The fraction of sp³-hybridized carbons (Fsp3) is 0.500. The summed E-state index contributed by atoms with van der Waals surface area (Å²) in [5.74, 6) is 0. The Labute approximate surface area is 108 Å². The molecule has 0 aliphatic heterocycles. The third-order valence-electron chi connectivity index (χ3n) is 3.90. The van der Waals surface area contributed by atoms with Gasteiger partial charge in [-0.1, -0.05) is 6.07 Å². The second-order valence-electron chi connectivity index (χ2n) is 5.35. The molecule has 2 N–H and O–H groups in total. The first-order valence-corrected chi connectivity index (χ1v) is 6.28. The Morgan fingerprint density at radius 2 is 2.11 bits per heavy atom. The average Bonchev–Trinajstić information content (AvgIpc) is 2.65. The maximum absolute atomic E-state index is 5.95. The molecule has 1 atom stereocenters. The van der Waals surface area contributed by atoms with Crippen molar-refractivity contribution in [3.63, 3.8) is 0 Å². The zero-order valence-electron chi connectivity index (χ0n) is 11.6. The summed E-state index contributed by atoms with van der Waals surface area (Å²) in [4.78, 5) is 6.78. The molecule has 0 aromatic carbocycles. The molecule has 4 heteroatoms. The number of hydrogen-bond donors (Lipinski definition) is 1. The normalized spacial score (nSPS) is 15.2. The van der Waals surface area contributed by atoms with Crippen molar-refractivity contribution in [2.45, 2.75) is 25.8 Å². The highest BCUT2D eigenvalue weighted by molar-refractivity contribution is 5.43. The van der Waals surface area contributed by atoms with Gasteiger partial charge < -0.3 is 15.0 Å². The summed E-state index contributed by atoms with van der Waals surface area (Å²) in [6, 6.07) is 6.08. The van der Waals surface area contributed by atoms with Gasteiger partial charge in [0.05, 0.1) is 5.69 Å². The van der Waals surface area contributed by atoms with E-state index < -0.39 is 0 Å². The van der Waals surface area contributed by atoms with E-state index >= 15 is 0 Å². The average molecular weight is 246 g/mol. The van der Waals surface area contributed by atoms with E-state index in [1.54, 1.807) is 0 Å². The number of nitrogens with zero attached hydrogens (tertiary/aromatic N) is 3. The lowest BCUT2D eigenvalue weighted by Gasteiger charge is -2.35. The highest BCUT2D eigenvalue weighted by atomic mass is 15.2. The minimum Gasteiger partial charge on any atom is -0.329 e. The monoisotopic (exact) mass is 246 g/mol. The van der Waals surface area contributed by atoms with Gasteiger partial charge in [-0.3, -0.25) is 0 Å². The molecule has 0 saturated heterocycles. The van der Waals surface area contributed by atoms with Crippen LogP contribution in [-0.4, -0.2) is 40.5 Å². The molecule has 0 aliphatic rings. The Balaban J connectivity index is 2.45.